The molecule has 2 aromatic rings. The van der Waals surface area contributed by atoms with Gasteiger partial charge in [0.05, 0.1) is 11.8 Å². The fraction of sp³-hybridized carbons (Fsp3) is 0.333. The summed E-state index contributed by atoms with van der Waals surface area (Å²) in [6.07, 6.45) is 5.78. The third-order valence-corrected chi connectivity index (χ3v) is 4.18. The molecule has 0 N–H and O–H groups in total. The molecular weight excluding hydrogens is 258 g/mol. The van der Waals surface area contributed by atoms with E-state index < -0.39 is 0 Å². The summed E-state index contributed by atoms with van der Waals surface area (Å²) in [5.41, 5.74) is 4.86. The van der Waals surface area contributed by atoms with E-state index in [2.05, 4.69) is 47.1 Å². The molecule has 0 amide bonds. The van der Waals surface area contributed by atoms with Crippen molar-refractivity contribution in [2.45, 2.75) is 19.8 Å². The molecule has 21 heavy (non-hydrogen) atoms. The molecular formula is C18H19N3. The molecule has 0 saturated carbocycles. The highest BCUT2D eigenvalue weighted by Crippen LogP contribution is 2.35. The number of nitrogens with zero attached hydrogens (tertiary/aromatic N) is 3. The van der Waals surface area contributed by atoms with Crippen molar-refractivity contribution in [3.05, 3.63) is 48.3 Å². The molecule has 1 fully saturated rings. The van der Waals surface area contributed by atoms with Gasteiger partial charge in [-0.1, -0.05) is 30.3 Å². The lowest BCUT2D eigenvalue weighted by molar-refractivity contribution is 0.487. The average molecular weight is 277 g/mol. The van der Waals surface area contributed by atoms with E-state index in [9.17, 15) is 0 Å². The van der Waals surface area contributed by atoms with E-state index in [4.69, 9.17) is 5.26 Å². The summed E-state index contributed by atoms with van der Waals surface area (Å²) in [5.74, 6) is 0.212. The standard InChI is InChI=1S/C18H19N3/c1-14-12-20-13-17(16-5-3-2-4-6-16)18(14)21-9-7-15(11-19)8-10-21/h2-6,12-13,15H,7-10H2,1H3. The van der Waals surface area contributed by atoms with Crippen LogP contribution in [0.15, 0.2) is 42.7 Å². The molecule has 0 unspecified atom stereocenters. The SMILES string of the molecule is Cc1cncc(-c2ccccc2)c1N1CCC(C#N)CC1. The molecule has 3 nitrogen and oxygen atoms in total. The summed E-state index contributed by atoms with van der Waals surface area (Å²) in [5, 5.41) is 9.06. The number of pyridine rings is 1. The largest absolute Gasteiger partial charge is 0.371 e. The second kappa shape index (κ2) is 5.97. The van der Waals surface area contributed by atoms with Gasteiger partial charge in [-0.15, -0.1) is 0 Å². The van der Waals surface area contributed by atoms with Gasteiger partial charge in [0.25, 0.3) is 0 Å². The molecule has 0 bridgehead atoms. The molecule has 106 valence electrons. The van der Waals surface area contributed by atoms with Gasteiger partial charge >= 0.3 is 0 Å². The van der Waals surface area contributed by atoms with Crippen molar-refractivity contribution in [3.8, 4) is 17.2 Å². The lowest BCUT2D eigenvalue weighted by Gasteiger charge is -2.33. The van der Waals surface area contributed by atoms with Gasteiger partial charge in [0, 0.05) is 37.0 Å². The van der Waals surface area contributed by atoms with E-state index >= 15 is 0 Å². The Hall–Kier alpha value is -2.34. The maximum atomic E-state index is 9.06. The smallest absolute Gasteiger partial charge is 0.0657 e. The molecule has 3 heteroatoms. The second-order valence-corrected chi connectivity index (χ2v) is 5.61. The van der Waals surface area contributed by atoms with E-state index in [-0.39, 0.29) is 5.92 Å². The lowest BCUT2D eigenvalue weighted by Crippen LogP contribution is -2.34. The van der Waals surface area contributed by atoms with Gasteiger partial charge in [-0.25, -0.2) is 0 Å². The zero-order valence-corrected chi connectivity index (χ0v) is 12.3. The number of rotatable bonds is 2. The topological polar surface area (TPSA) is 39.9 Å². The number of nitriles is 1. The molecule has 1 aliphatic rings. The van der Waals surface area contributed by atoms with Crippen molar-refractivity contribution in [1.82, 2.24) is 4.98 Å². The molecule has 1 aromatic carbocycles. The molecule has 0 aliphatic carbocycles. The first kappa shape index (κ1) is 13.6. The Bertz CT molecular complexity index is 650. The number of hydrogen-bond donors (Lipinski definition) is 0. The van der Waals surface area contributed by atoms with E-state index in [1.807, 2.05) is 18.5 Å². The molecule has 1 aromatic heterocycles. The third-order valence-electron chi connectivity index (χ3n) is 4.18. The van der Waals surface area contributed by atoms with Crippen LogP contribution in [0.5, 0.6) is 0 Å². The van der Waals surface area contributed by atoms with Crippen molar-refractivity contribution in [1.29, 1.82) is 5.26 Å². The van der Waals surface area contributed by atoms with Crippen LogP contribution in [-0.2, 0) is 0 Å². The van der Waals surface area contributed by atoms with Crippen LogP contribution in [0.25, 0.3) is 11.1 Å². The number of aryl methyl sites for hydroxylation is 1. The molecule has 1 aliphatic heterocycles. The highest BCUT2D eigenvalue weighted by molar-refractivity contribution is 5.80. The fourth-order valence-electron chi connectivity index (χ4n) is 3.04. The number of benzene rings is 1. The van der Waals surface area contributed by atoms with Gasteiger partial charge in [0.2, 0.25) is 0 Å². The Morgan fingerprint density at radius 2 is 1.86 bits per heavy atom. The summed E-state index contributed by atoms with van der Waals surface area (Å²) in [7, 11) is 0. The Morgan fingerprint density at radius 3 is 2.52 bits per heavy atom. The minimum Gasteiger partial charge on any atom is -0.371 e. The van der Waals surface area contributed by atoms with Gasteiger partial charge in [0.15, 0.2) is 0 Å². The minimum atomic E-state index is 0.212. The molecule has 3 rings (SSSR count). The van der Waals surface area contributed by atoms with Gasteiger partial charge in [-0.3, -0.25) is 4.98 Å². The first-order chi connectivity index (χ1) is 10.3. The van der Waals surface area contributed by atoms with Crippen LogP contribution in [0, 0.1) is 24.2 Å². The number of aromatic nitrogens is 1. The van der Waals surface area contributed by atoms with Crippen molar-refractivity contribution in [2.24, 2.45) is 5.92 Å². The first-order valence-corrected chi connectivity index (χ1v) is 7.44. The van der Waals surface area contributed by atoms with E-state index in [0.717, 1.165) is 25.9 Å². The van der Waals surface area contributed by atoms with E-state index in [1.165, 1.54) is 22.4 Å². The predicted octanol–water partition coefficient (Wildman–Crippen LogP) is 3.80. The molecule has 0 spiro atoms. The van der Waals surface area contributed by atoms with Crippen molar-refractivity contribution in [3.63, 3.8) is 0 Å². The van der Waals surface area contributed by atoms with Crippen LogP contribution >= 0.6 is 0 Å². The molecule has 0 atom stereocenters. The number of hydrogen-bond acceptors (Lipinski definition) is 3. The quantitative estimate of drug-likeness (QED) is 0.838. The maximum absolute atomic E-state index is 9.06. The van der Waals surface area contributed by atoms with Crippen molar-refractivity contribution >= 4 is 5.69 Å². The highest BCUT2D eigenvalue weighted by Gasteiger charge is 2.22. The summed E-state index contributed by atoms with van der Waals surface area (Å²) >= 11 is 0. The second-order valence-electron chi connectivity index (χ2n) is 5.61. The van der Waals surface area contributed by atoms with Crippen LogP contribution in [0.1, 0.15) is 18.4 Å². The average Bonchev–Trinajstić information content (AvgIpc) is 2.55. The normalized spacial score (nSPS) is 15.7. The lowest BCUT2D eigenvalue weighted by atomic mass is 9.95. The van der Waals surface area contributed by atoms with Crippen LogP contribution in [0.4, 0.5) is 5.69 Å². The Kier molecular flexibility index (Phi) is 3.87. The van der Waals surface area contributed by atoms with Gasteiger partial charge < -0.3 is 4.90 Å². The highest BCUT2D eigenvalue weighted by atomic mass is 15.1. The predicted molar refractivity (Wildman–Crippen MR) is 85.0 cm³/mol. The Labute approximate surface area is 125 Å². The van der Waals surface area contributed by atoms with Crippen molar-refractivity contribution in [2.75, 3.05) is 18.0 Å². The zero-order valence-electron chi connectivity index (χ0n) is 12.3. The molecule has 2 heterocycles. The van der Waals surface area contributed by atoms with Crippen LogP contribution in [0.3, 0.4) is 0 Å². The zero-order chi connectivity index (χ0) is 14.7. The summed E-state index contributed by atoms with van der Waals surface area (Å²) in [4.78, 5) is 6.78. The van der Waals surface area contributed by atoms with Crippen LogP contribution < -0.4 is 4.90 Å². The fourth-order valence-corrected chi connectivity index (χ4v) is 3.04. The maximum Gasteiger partial charge on any atom is 0.0657 e. The minimum absolute atomic E-state index is 0.212. The van der Waals surface area contributed by atoms with Crippen molar-refractivity contribution < 1.29 is 0 Å². The van der Waals surface area contributed by atoms with E-state index in [1.54, 1.807) is 0 Å². The monoisotopic (exact) mass is 277 g/mol. The van der Waals surface area contributed by atoms with Gasteiger partial charge in [-0.05, 0) is 30.9 Å². The van der Waals surface area contributed by atoms with Crippen LogP contribution in [0.2, 0.25) is 0 Å². The van der Waals surface area contributed by atoms with Crippen LogP contribution in [-0.4, -0.2) is 18.1 Å². The third kappa shape index (κ3) is 2.75. The van der Waals surface area contributed by atoms with Gasteiger partial charge in [0.1, 0.15) is 0 Å². The molecule has 0 radical (unpaired) electrons. The molecule has 1 saturated heterocycles. The van der Waals surface area contributed by atoms with Gasteiger partial charge in [-0.2, -0.15) is 5.26 Å². The first-order valence-electron chi connectivity index (χ1n) is 7.44. The van der Waals surface area contributed by atoms with E-state index in [0.29, 0.717) is 0 Å². The summed E-state index contributed by atoms with van der Waals surface area (Å²) < 4.78 is 0. The Balaban J connectivity index is 1.97. The summed E-state index contributed by atoms with van der Waals surface area (Å²) in [6, 6.07) is 12.8. The summed E-state index contributed by atoms with van der Waals surface area (Å²) in [6.45, 7) is 4.01. The number of anilines is 1. The number of piperidine rings is 1. The Morgan fingerprint density at radius 1 is 1.14 bits per heavy atom.